The molecule has 0 saturated carbocycles. The molecule has 2 rings (SSSR count). The van der Waals surface area contributed by atoms with Gasteiger partial charge in [0.05, 0.1) is 5.56 Å². The molecule has 0 radical (unpaired) electrons. The van der Waals surface area contributed by atoms with Gasteiger partial charge in [0.1, 0.15) is 5.75 Å². The van der Waals surface area contributed by atoms with E-state index in [0.29, 0.717) is 16.9 Å². The van der Waals surface area contributed by atoms with Crippen LogP contribution < -0.4 is 15.4 Å². The molecule has 2 aromatic carbocycles. The second-order valence-electron chi connectivity index (χ2n) is 6.04. The van der Waals surface area contributed by atoms with Crippen molar-refractivity contribution in [2.75, 3.05) is 27.7 Å². The Labute approximate surface area is 158 Å². The highest BCUT2D eigenvalue weighted by molar-refractivity contribution is 5.97. The molecule has 2 N–H and O–H groups in total. The predicted molar refractivity (Wildman–Crippen MR) is 102 cm³/mol. The van der Waals surface area contributed by atoms with E-state index in [0.717, 1.165) is 5.56 Å². The van der Waals surface area contributed by atoms with Crippen LogP contribution in [0.15, 0.2) is 48.5 Å². The number of rotatable bonds is 7. The van der Waals surface area contributed by atoms with E-state index < -0.39 is 0 Å². The number of hydrogen-bond donors (Lipinski definition) is 2. The summed E-state index contributed by atoms with van der Waals surface area (Å²) >= 11 is 0. The van der Waals surface area contributed by atoms with Gasteiger partial charge in [-0.2, -0.15) is 0 Å². The molecular weight excluding hydrogens is 346 g/mol. The molecule has 3 amide bonds. The van der Waals surface area contributed by atoms with Gasteiger partial charge in [0, 0.05) is 33.3 Å². The lowest BCUT2D eigenvalue weighted by Crippen LogP contribution is -2.28. The fourth-order valence-electron chi connectivity index (χ4n) is 2.29. The van der Waals surface area contributed by atoms with Crippen LogP contribution in [0.3, 0.4) is 0 Å². The van der Waals surface area contributed by atoms with E-state index in [9.17, 15) is 14.4 Å². The topological polar surface area (TPSA) is 87.7 Å². The maximum Gasteiger partial charge on any atom is 0.259 e. The summed E-state index contributed by atoms with van der Waals surface area (Å²) in [5, 5.41) is 5.37. The fraction of sp³-hybridized carbons (Fsp3) is 0.250. The molecule has 0 fully saturated rings. The molecule has 0 bridgehead atoms. The minimum absolute atomic E-state index is 0.147. The maximum atomic E-state index is 12.5. The predicted octanol–water partition coefficient (Wildman–Crippen LogP) is 1.44. The number of carbonyl (C=O) groups excluding carboxylic acids is 3. The number of benzene rings is 2. The number of hydrogen-bond acceptors (Lipinski definition) is 4. The average molecular weight is 369 g/mol. The molecule has 7 nitrogen and oxygen atoms in total. The van der Waals surface area contributed by atoms with Gasteiger partial charge in [-0.3, -0.25) is 14.4 Å². The minimum atomic E-state index is -0.326. The highest BCUT2D eigenvalue weighted by Gasteiger charge is 2.14. The fourth-order valence-corrected chi connectivity index (χ4v) is 2.29. The summed E-state index contributed by atoms with van der Waals surface area (Å²) in [4.78, 5) is 37.3. The van der Waals surface area contributed by atoms with Gasteiger partial charge in [0.15, 0.2) is 6.61 Å². The largest absolute Gasteiger partial charge is 0.483 e. The SMILES string of the molecule is CNC(=O)c1cccc(CNC(=O)c2ccccc2OCC(=O)N(C)C)c1. The summed E-state index contributed by atoms with van der Waals surface area (Å²) < 4.78 is 5.49. The monoisotopic (exact) mass is 369 g/mol. The van der Waals surface area contributed by atoms with Crippen LogP contribution >= 0.6 is 0 Å². The first-order valence-electron chi connectivity index (χ1n) is 8.43. The first kappa shape index (κ1) is 20.0. The quantitative estimate of drug-likeness (QED) is 0.773. The molecule has 0 aliphatic carbocycles. The van der Waals surface area contributed by atoms with E-state index in [4.69, 9.17) is 4.74 Å². The first-order chi connectivity index (χ1) is 12.9. The van der Waals surface area contributed by atoms with Gasteiger partial charge >= 0.3 is 0 Å². The number of nitrogens with one attached hydrogen (secondary N) is 2. The summed E-state index contributed by atoms with van der Waals surface area (Å²) in [6.45, 7) is 0.111. The summed E-state index contributed by atoms with van der Waals surface area (Å²) in [5.41, 5.74) is 1.66. The maximum absolute atomic E-state index is 12.5. The zero-order valence-corrected chi connectivity index (χ0v) is 15.6. The second kappa shape index (κ2) is 9.38. The average Bonchev–Trinajstić information content (AvgIpc) is 2.69. The molecule has 0 aliphatic heterocycles. The third-order valence-electron chi connectivity index (χ3n) is 3.85. The minimum Gasteiger partial charge on any atom is -0.483 e. The number of amides is 3. The lowest BCUT2D eigenvalue weighted by molar-refractivity contribution is -0.130. The van der Waals surface area contributed by atoms with Crippen LogP contribution in [0.1, 0.15) is 26.3 Å². The Hall–Kier alpha value is -3.35. The van der Waals surface area contributed by atoms with Crippen molar-refractivity contribution in [1.29, 1.82) is 0 Å². The van der Waals surface area contributed by atoms with Crippen LogP contribution in [0.4, 0.5) is 0 Å². The smallest absolute Gasteiger partial charge is 0.259 e. The van der Waals surface area contributed by atoms with Crippen LogP contribution in [-0.4, -0.2) is 50.4 Å². The number of ether oxygens (including phenoxy) is 1. The molecule has 0 unspecified atom stereocenters. The van der Waals surface area contributed by atoms with E-state index in [2.05, 4.69) is 10.6 Å². The van der Waals surface area contributed by atoms with Gasteiger partial charge in [0.2, 0.25) is 0 Å². The number of likely N-dealkylation sites (N-methyl/N-ethyl adjacent to an activating group) is 1. The Bertz CT molecular complexity index is 833. The Balaban J connectivity index is 2.04. The molecule has 142 valence electrons. The Morgan fingerprint density at radius 1 is 1.00 bits per heavy atom. The van der Waals surface area contributed by atoms with Crippen LogP contribution in [0.25, 0.3) is 0 Å². The van der Waals surface area contributed by atoms with Gasteiger partial charge < -0.3 is 20.3 Å². The van der Waals surface area contributed by atoms with Crippen molar-refractivity contribution in [2.45, 2.75) is 6.54 Å². The lowest BCUT2D eigenvalue weighted by Gasteiger charge is -2.14. The van der Waals surface area contributed by atoms with Gasteiger partial charge in [-0.1, -0.05) is 24.3 Å². The molecule has 0 atom stereocenters. The number of nitrogens with zero attached hydrogens (tertiary/aromatic N) is 1. The highest BCUT2D eigenvalue weighted by atomic mass is 16.5. The summed E-state index contributed by atoms with van der Waals surface area (Å²) in [6, 6.07) is 13.7. The van der Waals surface area contributed by atoms with E-state index in [1.807, 2.05) is 6.07 Å². The molecule has 0 spiro atoms. The zero-order chi connectivity index (χ0) is 19.8. The van der Waals surface area contributed by atoms with Crippen molar-refractivity contribution in [3.05, 3.63) is 65.2 Å². The van der Waals surface area contributed by atoms with Crippen LogP contribution in [-0.2, 0) is 11.3 Å². The third-order valence-corrected chi connectivity index (χ3v) is 3.85. The number of para-hydroxylation sites is 1. The number of carbonyl (C=O) groups is 3. The van der Waals surface area contributed by atoms with Crippen LogP contribution in [0, 0.1) is 0 Å². The van der Waals surface area contributed by atoms with E-state index in [1.54, 1.807) is 63.6 Å². The van der Waals surface area contributed by atoms with Crippen molar-refractivity contribution in [3.8, 4) is 5.75 Å². The van der Waals surface area contributed by atoms with E-state index in [1.165, 1.54) is 4.90 Å². The zero-order valence-electron chi connectivity index (χ0n) is 15.6. The standard InChI is InChI=1S/C20H23N3O4/c1-21-19(25)15-8-6-7-14(11-15)12-22-20(26)16-9-4-5-10-17(16)27-13-18(24)23(2)3/h4-11H,12-13H2,1-3H3,(H,21,25)(H,22,26). The Kier molecular flexibility index (Phi) is 6.93. The molecule has 0 heterocycles. The molecule has 27 heavy (non-hydrogen) atoms. The summed E-state index contributed by atoms with van der Waals surface area (Å²) in [6.07, 6.45) is 0. The Morgan fingerprint density at radius 2 is 1.74 bits per heavy atom. The third kappa shape index (κ3) is 5.57. The normalized spacial score (nSPS) is 10.0. The molecule has 2 aromatic rings. The molecule has 0 aliphatic rings. The Morgan fingerprint density at radius 3 is 2.44 bits per heavy atom. The van der Waals surface area contributed by atoms with Crippen LogP contribution in [0.2, 0.25) is 0 Å². The second-order valence-corrected chi connectivity index (χ2v) is 6.04. The van der Waals surface area contributed by atoms with Crippen molar-refractivity contribution in [1.82, 2.24) is 15.5 Å². The van der Waals surface area contributed by atoms with Gasteiger partial charge in [-0.15, -0.1) is 0 Å². The highest BCUT2D eigenvalue weighted by Crippen LogP contribution is 2.18. The van der Waals surface area contributed by atoms with Gasteiger partial charge in [-0.25, -0.2) is 0 Å². The van der Waals surface area contributed by atoms with Crippen LogP contribution in [0.5, 0.6) is 5.75 Å². The van der Waals surface area contributed by atoms with Gasteiger partial charge in [0.25, 0.3) is 17.7 Å². The van der Waals surface area contributed by atoms with E-state index in [-0.39, 0.29) is 30.9 Å². The molecule has 0 saturated heterocycles. The van der Waals surface area contributed by atoms with Crippen molar-refractivity contribution < 1.29 is 19.1 Å². The first-order valence-corrected chi connectivity index (χ1v) is 8.43. The molecule has 7 heteroatoms. The van der Waals surface area contributed by atoms with Crippen molar-refractivity contribution in [3.63, 3.8) is 0 Å². The van der Waals surface area contributed by atoms with Crippen molar-refractivity contribution >= 4 is 17.7 Å². The van der Waals surface area contributed by atoms with Gasteiger partial charge in [-0.05, 0) is 29.8 Å². The van der Waals surface area contributed by atoms with E-state index >= 15 is 0 Å². The van der Waals surface area contributed by atoms with Crippen molar-refractivity contribution in [2.24, 2.45) is 0 Å². The lowest BCUT2D eigenvalue weighted by atomic mass is 10.1. The molecule has 0 aromatic heterocycles. The molecular formula is C20H23N3O4. The summed E-state index contributed by atoms with van der Waals surface area (Å²) in [7, 11) is 4.84. The summed E-state index contributed by atoms with van der Waals surface area (Å²) in [5.74, 6) is -0.374.